The van der Waals surface area contributed by atoms with Crippen molar-refractivity contribution in [3.63, 3.8) is 0 Å². The van der Waals surface area contributed by atoms with E-state index >= 15 is 0 Å². The number of carbonyl (C=O) groups excluding carboxylic acids is 2. The molecule has 28 heavy (non-hydrogen) atoms. The van der Waals surface area contributed by atoms with Gasteiger partial charge in [-0.2, -0.15) is 0 Å². The summed E-state index contributed by atoms with van der Waals surface area (Å²) in [7, 11) is 1.33. The molecule has 2 rings (SSSR count). The van der Waals surface area contributed by atoms with E-state index in [0.717, 1.165) is 5.56 Å². The topological polar surface area (TPSA) is 94.1 Å². The molecule has 1 heterocycles. The number of aliphatic hydroxyl groups is 1. The first kappa shape index (κ1) is 21.5. The molecule has 150 valence electrons. The normalized spacial score (nSPS) is 18.4. The Morgan fingerprint density at radius 1 is 1.32 bits per heavy atom. The summed E-state index contributed by atoms with van der Waals surface area (Å²) in [5.41, 5.74) is 1.37. The van der Waals surface area contributed by atoms with E-state index in [1.54, 1.807) is 18.2 Å². The lowest BCUT2D eigenvalue weighted by molar-refractivity contribution is -0.146. The number of methoxy groups -OCH3 is 1. The maximum absolute atomic E-state index is 12.3. The highest BCUT2D eigenvalue weighted by Crippen LogP contribution is 2.31. The van der Waals surface area contributed by atoms with Crippen LogP contribution in [0, 0.1) is 12.3 Å². The van der Waals surface area contributed by atoms with Crippen molar-refractivity contribution in [1.82, 2.24) is 5.32 Å². The van der Waals surface area contributed by atoms with Gasteiger partial charge in [0.15, 0.2) is 5.76 Å². The van der Waals surface area contributed by atoms with Gasteiger partial charge in [-0.15, -0.1) is 6.42 Å². The number of esters is 1. The van der Waals surface area contributed by atoms with Gasteiger partial charge in [0.2, 0.25) is 6.29 Å². The molecule has 2 atom stereocenters. The molecule has 0 aromatic heterocycles. The first-order valence-electron chi connectivity index (χ1n) is 9.10. The smallest absolute Gasteiger partial charge is 0.337 e. The maximum atomic E-state index is 12.3. The highest BCUT2D eigenvalue weighted by Gasteiger charge is 2.28. The molecule has 0 saturated carbocycles. The Labute approximate surface area is 164 Å². The largest absolute Gasteiger partial charge is 0.465 e. The summed E-state index contributed by atoms with van der Waals surface area (Å²) in [6, 6.07) is 7.00. The number of aliphatic hydroxyl groups excluding tert-OH is 1. The molecule has 1 amide bonds. The van der Waals surface area contributed by atoms with Crippen LogP contribution in [0.25, 0.3) is 0 Å². The number of amides is 1. The fraction of sp³-hybridized carbons (Fsp3) is 0.429. The Kier molecular flexibility index (Phi) is 8.53. The molecule has 0 bridgehead atoms. The van der Waals surface area contributed by atoms with Gasteiger partial charge in [0.05, 0.1) is 25.8 Å². The number of terminal acetylenes is 1. The Morgan fingerprint density at radius 2 is 2.07 bits per heavy atom. The van der Waals surface area contributed by atoms with Crippen molar-refractivity contribution < 1.29 is 28.9 Å². The lowest BCUT2D eigenvalue weighted by Gasteiger charge is -2.29. The van der Waals surface area contributed by atoms with Crippen molar-refractivity contribution in [2.24, 2.45) is 0 Å². The van der Waals surface area contributed by atoms with Crippen molar-refractivity contribution in [2.45, 2.75) is 31.5 Å². The van der Waals surface area contributed by atoms with E-state index in [1.165, 1.54) is 7.11 Å². The van der Waals surface area contributed by atoms with Crippen LogP contribution in [-0.2, 0) is 19.0 Å². The number of rotatable bonds is 9. The number of ether oxygens (including phenoxy) is 3. The van der Waals surface area contributed by atoms with E-state index in [2.05, 4.69) is 11.2 Å². The third-order valence-corrected chi connectivity index (χ3v) is 4.25. The van der Waals surface area contributed by atoms with Crippen LogP contribution in [0.4, 0.5) is 0 Å². The molecule has 7 heteroatoms. The van der Waals surface area contributed by atoms with Crippen molar-refractivity contribution >= 4 is 11.9 Å². The van der Waals surface area contributed by atoms with Gasteiger partial charge >= 0.3 is 5.97 Å². The Morgan fingerprint density at radius 3 is 2.71 bits per heavy atom. The first-order valence-corrected chi connectivity index (χ1v) is 9.10. The number of benzene rings is 1. The van der Waals surface area contributed by atoms with Crippen molar-refractivity contribution in [3.05, 3.63) is 47.2 Å². The van der Waals surface area contributed by atoms with Crippen LogP contribution in [0.15, 0.2) is 36.1 Å². The van der Waals surface area contributed by atoms with Crippen LogP contribution in [0.5, 0.6) is 0 Å². The molecule has 0 aliphatic carbocycles. The molecular weight excluding hydrogens is 362 g/mol. The molecule has 0 fully saturated rings. The molecule has 1 aromatic rings. The SMILES string of the molecule is C#CCNC(=O)C1=C[C@H](c2ccc(C(=O)OC)cc2)C[C@H](OCCCCO)O1. The molecule has 1 aliphatic rings. The third-order valence-electron chi connectivity index (χ3n) is 4.25. The van der Waals surface area contributed by atoms with E-state index in [4.69, 9.17) is 25.7 Å². The minimum atomic E-state index is -0.597. The fourth-order valence-corrected chi connectivity index (χ4v) is 2.78. The summed E-state index contributed by atoms with van der Waals surface area (Å²) in [5, 5.41) is 11.5. The highest BCUT2D eigenvalue weighted by atomic mass is 16.7. The number of nitrogens with one attached hydrogen (secondary N) is 1. The van der Waals surface area contributed by atoms with Gasteiger partial charge in [-0.05, 0) is 36.6 Å². The summed E-state index contributed by atoms with van der Waals surface area (Å²) in [5.74, 6) is 1.55. The second kappa shape index (κ2) is 11.1. The number of unbranched alkanes of at least 4 members (excludes halogenated alkanes) is 1. The van der Waals surface area contributed by atoms with Crippen LogP contribution in [-0.4, -0.2) is 50.1 Å². The van der Waals surface area contributed by atoms with Crippen molar-refractivity contribution in [2.75, 3.05) is 26.9 Å². The van der Waals surface area contributed by atoms with E-state index in [0.29, 0.717) is 31.4 Å². The van der Waals surface area contributed by atoms with E-state index in [-0.39, 0.29) is 24.8 Å². The molecule has 1 aliphatic heterocycles. The zero-order valence-electron chi connectivity index (χ0n) is 15.8. The van der Waals surface area contributed by atoms with Crippen LogP contribution >= 0.6 is 0 Å². The Balaban J connectivity index is 2.15. The maximum Gasteiger partial charge on any atom is 0.337 e. The molecule has 7 nitrogen and oxygen atoms in total. The van der Waals surface area contributed by atoms with Gasteiger partial charge in [-0.25, -0.2) is 4.79 Å². The number of allylic oxidation sites excluding steroid dienone is 1. The average Bonchev–Trinajstić information content (AvgIpc) is 2.74. The van der Waals surface area contributed by atoms with Gasteiger partial charge in [0.25, 0.3) is 5.91 Å². The highest BCUT2D eigenvalue weighted by molar-refractivity contribution is 5.92. The van der Waals surface area contributed by atoms with E-state index in [9.17, 15) is 9.59 Å². The lowest BCUT2D eigenvalue weighted by Crippen LogP contribution is -2.33. The molecule has 0 radical (unpaired) electrons. The summed E-state index contributed by atoms with van der Waals surface area (Å²) in [4.78, 5) is 23.9. The molecule has 0 spiro atoms. The first-order chi connectivity index (χ1) is 13.6. The molecule has 1 aromatic carbocycles. The predicted molar refractivity (Wildman–Crippen MR) is 102 cm³/mol. The van der Waals surface area contributed by atoms with E-state index < -0.39 is 18.2 Å². The van der Waals surface area contributed by atoms with Crippen LogP contribution in [0.1, 0.15) is 41.1 Å². The van der Waals surface area contributed by atoms with Crippen molar-refractivity contribution in [3.8, 4) is 12.3 Å². The second-order valence-corrected chi connectivity index (χ2v) is 6.22. The van der Waals surface area contributed by atoms with Gasteiger partial charge in [0.1, 0.15) is 0 Å². The summed E-state index contributed by atoms with van der Waals surface area (Å²) >= 11 is 0. The fourth-order valence-electron chi connectivity index (χ4n) is 2.78. The number of hydrogen-bond donors (Lipinski definition) is 2. The molecule has 0 saturated heterocycles. The van der Waals surface area contributed by atoms with E-state index in [1.807, 2.05) is 12.1 Å². The van der Waals surface area contributed by atoms with Crippen LogP contribution in [0.3, 0.4) is 0 Å². The van der Waals surface area contributed by atoms with Gasteiger partial charge in [-0.1, -0.05) is 18.1 Å². The summed E-state index contributed by atoms with van der Waals surface area (Å²) in [6.45, 7) is 0.613. The number of carbonyl (C=O) groups is 2. The molecule has 2 N–H and O–H groups in total. The second-order valence-electron chi connectivity index (χ2n) is 6.22. The molecule has 0 unspecified atom stereocenters. The average molecular weight is 387 g/mol. The predicted octanol–water partition coefficient (Wildman–Crippen LogP) is 1.73. The summed E-state index contributed by atoms with van der Waals surface area (Å²) in [6.07, 6.45) is 8.16. The van der Waals surface area contributed by atoms with Crippen LogP contribution in [0.2, 0.25) is 0 Å². The van der Waals surface area contributed by atoms with Gasteiger partial charge in [0, 0.05) is 18.9 Å². The van der Waals surface area contributed by atoms with Gasteiger partial charge < -0.3 is 24.6 Å². The van der Waals surface area contributed by atoms with Gasteiger partial charge in [-0.3, -0.25) is 4.79 Å². The monoisotopic (exact) mass is 387 g/mol. The Hall–Kier alpha value is -2.82. The van der Waals surface area contributed by atoms with Crippen LogP contribution < -0.4 is 5.32 Å². The molecular formula is C21H25NO6. The quantitative estimate of drug-likeness (QED) is 0.381. The summed E-state index contributed by atoms with van der Waals surface area (Å²) < 4.78 is 16.1. The lowest BCUT2D eigenvalue weighted by atomic mass is 9.92. The third kappa shape index (κ3) is 6.12. The number of hydrogen-bond acceptors (Lipinski definition) is 6. The standard InChI is InChI=1S/C21H25NO6/c1-3-10-22-20(24)18-13-17(14-19(28-18)27-12-5-4-11-23)15-6-8-16(9-7-15)21(25)26-2/h1,6-9,13,17,19,23H,4-5,10-12,14H2,2H3,(H,22,24)/t17-,19+/m0/s1. The Bertz CT molecular complexity index is 734. The minimum absolute atomic E-state index is 0.0973. The zero-order valence-corrected chi connectivity index (χ0v) is 15.8. The minimum Gasteiger partial charge on any atom is -0.465 e. The van der Waals surface area contributed by atoms with Crippen molar-refractivity contribution in [1.29, 1.82) is 0 Å². The zero-order chi connectivity index (χ0) is 20.4.